The molecule has 0 atom stereocenters. The number of aliphatic hydroxyl groups is 1. The molecule has 3 heteroatoms. The molecule has 1 N–H and O–H groups in total. The van der Waals surface area contributed by atoms with Gasteiger partial charge in [0.2, 0.25) is 5.91 Å². The van der Waals surface area contributed by atoms with Crippen LogP contribution in [0.1, 0.15) is 18.4 Å². The van der Waals surface area contributed by atoms with Crippen molar-refractivity contribution < 1.29 is 9.90 Å². The molecule has 0 saturated carbocycles. The second-order valence-electron chi connectivity index (χ2n) is 4.85. The van der Waals surface area contributed by atoms with Gasteiger partial charge < -0.3 is 10.0 Å². The molecule has 1 rings (SSSR count). The molecule has 0 spiro atoms. The minimum absolute atomic E-state index is 0.0393. The third kappa shape index (κ3) is 6.34. The molecule has 0 radical (unpaired) electrons. The zero-order valence-electron chi connectivity index (χ0n) is 12.2. The standard InChI is InChI=1S/C17H23NO2/c1-18(2)17(20)14-16(12-13-19)11-7-6-10-15-8-4-3-5-9-15/h3-5,7-9,11-12,19H,6,10,13-14H2,1-2H3/b11-7+,16-12+. The van der Waals surface area contributed by atoms with Crippen molar-refractivity contribution in [1.82, 2.24) is 4.90 Å². The molecule has 0 heterocycles. The lowest BCUT2D eigenvalue weighted by Crippen LogP contribution is -2.21. The number of aryl methyl sites for hydroxylation is 1. The second kappa shape index (κ2) is 9.10. The average Bonchev–Trinajstić information content (AvgIpc) is 2.44. The van der Waals surface area contributed by atoms with Crippen LogP contribution < -0.4 is 0 Å². The monoisotopic (exact) mass is 273 g/mol. The highest BCUT2D eigenvalue weighted by atomic mass is 16.2. The molecule has 0 aliphatic rings. The first-order valence-electron chi connectivity index (χ1n) is 6.84. The molecule has 0 fully saturated rings. The molecule has 0 saturated heterocycles. The molecule has 0 unspecified atom stereocenters. The van der Waals surface area contributed by atoms with Crippen LogP contribution in [-0.2, 0) is 11.2 Å². The molecule has 3 nitrogen and oxygen atoms in total. The Kier molecular flexibility index (Phi) is 7.36. The van der Waals surface area contributed by atoms with Crippen LogP contribution in [0, 0.1) is 0 Å². The summed E-state index contributed by atoms with van der Waals surface area (Å²) in [6, 6.07) is 10.3. The quantitative estimate of drug-likeness (QED) is 0.776. The molecular weight excluding hydrogens is 250 g/mol. The first-order chi connectivity index (χ1) is 9.63. The maximum atomic E-state index is 11.7. The first kappa shape index (κ1) is 16.2. The molecule has 108 valence electrons. The van der Waals surface area contributed by atoms with Crippen molar-refractivity contribution >= 4 is 5.91 Å². The lowest BCUT2D eigenvalue weighted by atomic mass is 10.1. The fraction of sp³-hybridized carbons (Fsp3) is 0.353. The fourth-order valence-corrected chi connectivity index (χ4v) is 1.78. The van der Waals surface area contributed by atoms with E-state index in [1.54, 1.807) is 25.1 Å². The van der Waals surface area contributed by atoms with Crippen molar-refractivity contribution in [2.45, 2.75) is 19.3 Å². The molecular formula is C17H23NO2. The van der Waals surface area contributed by atoms with Crippen LogP contribution in [0.25, 0.3) is 0 Å². The molecule has 1 amide bonds. The van der Waals surface area contributed by atoms with Gasteiger partial charge in [-0.2, -0.15) is 0 Å². The van der Waals surface area contributed by atoms with Gasteiger partial charge in [0.1, 0.15) is 0 Å². The Labute approximate surface area is 121 Å². The van der Waals surface area contributed by atoms with Crippen LogP contribution in [0.2, 0.25) is 0 Å². The van der Waals surface area contributed by atoms with Crippen molar-refractivity contribution in [2.24, 2.45) is 0 Å². The summed E-state index contributed by atoms with van der Waals surface area (Å²) < 4.78 is 0. The van der Waals surface area contributed by atoms with Gasteiger partial charge in [0.25, 0.3) is 0 Å². The smallest absolute Gasteiger partial charge is 0.226 e. The number of allylic oxidation sites excluding steroid dienone is 2. The Bertz CT molecular complexity index is 461. The summed E-state index contributed by atoms with van der Waals surface area (Å²) in [4.78, 5) is 13.2. The molecule has 20 heavy (non-hydrogen) atoms. The maximum Gasteiger partial charge on any atom is 0.226 e. The molecule has 1 aromatic carbocycles. The Hall–Kier alpha value is -1.87. The van der Waals surface area contributed by atoms with E-state index in [0.29, 0.717) is 6.42 Å². The topological polar surface area (TPSA) is 40.5 Å². The Balaban J connectivity index is 2.47. The van der Waals surface area contributed by atoms with E-state index in [4.69, 9.17) is 5.11 Å². The first-order valence-corrected chi connectivity index (χ1v) is 6.84. The normalized spacial score (nSPS) is 11.8. The minimum atomic E-state index is -0.0426. The molecule has 1 aromatic rings. The summed E-state index contributed by atoms with van der Waals surface area (Å²) in [5.41, 5.74) is 2.16. The lowest BCUT2D eigenvalue weighted by molar-refractivity contribution is -0.127. The third-order valence-corrected chi connectivity index (χ3v) is 2.98. The Morgan fingerprint density at radius 1 is 1.25 bits per heavy atom. The van der Waals surface area contributed by atoms with Crippen molar-refractivity contribution in [2.75, 3.05) is 20.7 Å². The highest BCUT2D eigenvalue weighted by molar-refractivity contribution is 5.78. The van der Waals surface area contributed by atoms with E-state index >= 15 is 0 Å². The summed E-state index contributed by atoms with van der Waals surface area (Å²) in [7, 11) is 3.47. The predicted molar refractivity (Wildman–Crippen MR) is 82.4 cm³/mol. The van der Waals surface area contributed by atoms with E-state index in [1.807, 2.05) is 24.3 Å². The number of amides is 1. The van der Waals surface area contributed by atoms with E-state index in [0.717, 1.165) is 18.4 Å². The number of nitrogens with zero attached hydrogens (tertiary/aromatic N) is 1. The van der Waals surface area contributed by atoms with Gasteiger partial charge in [0.05, 0.1) is 13.0 Å². The van der Waals surface area contributed by atoms with Crippen LogP contribution in [-0.4, -0.2) is 36.6 Å². The molecule has 0 bridgehead atoms. The second-order valence-corrected chi connectivity index (χ2v) is 4.85. The van der Waals surface area contributed by atoms with Crippen LogP contribution in [0.15, 0.2) is 54.1 Å². The number of carbonyl (C=O) groups excluding carboxylic acids is 1. The van der Waals surface area contributed by atoms with Crippen molar-refractivity contribution in [3.05, 3.63) is 59.7 Å². The van der Waals surface area contributed by atoms with Gasteiger partial charge in [0, 0.05) is 14.1 Å². The molecule has 0 aliphatic heterocycles. The van der Waals surface area contributed by atoms with Gasteiger partial charge in [-0.05, 0) is 24.0 Å². The Morgan fingerprint density at radius 2 is 1.95 bits per heavy atom. The van der Waals surface area contributed by atoms with E-state index < -0.39 is 0 Å². The van der Waals surface area contributed by atoms with Gasteiger partial charge in [-0.3, -0.25) is 4.79 Å². The van der Waals surface area contributed by atoms with E-state index in [-0.39, 0.29) is 12.5 Å². The highest BCUT2D eigenvalue weighted by Crippen LogP contribution is 2.08. The van der Waals surface area contributed by atoms with Crippen molar-refractivity contribution in [3.63, 3.8) is 0 Å². The van der Waals surface area contributed by atoms with Crippen molar-refractivity contribution in [3.8, 4) is 0 Å². The summed E-state index contributed by atoms with van der Waals surface area (Å²) in [6.45, 7) is -0.0426. The lowest BCUT2D eigenvalue weighted by Gasteiger charge is -2.10. The summed E-state index contributed by atoms with van der Waals surface area (Å²) in [5, 5.41) is 8.99. The molecule has 0 aromatic heterocycles. The predicted octanol–water partition coefficient (Wildman–Crippen LogP) is 2.57. The largest absolute Gasteiger partial charge is 0.392 e. The van der Waals surface area contributed by atoms with Crippen LogP contribution >= 0.6 is 0 Å². The van der Waals surface area contributed by atoms with E-state index in [1.165, 1.54) is 5.56 Å². The third-order valence-electron chi connectivity index (χ3n) is 2.98. The van der Waals surface area contributed by atoms with Gasteiger partial charge in [-0.1, -0.05) is 48.6 Å². The maximum absolute atomic E-state index is 11.7. The average molecular weight is 273 g/mol. The van der Waals surface area contributed by atoms with Crippen LogP contribution in [0.4, 0.5) is 0 Å². The minimum Gasteiger partial charge on any atom is -0.392 e. The summed E-state index contributed by atoms with van der Waals surface area (Å²) in [5.74, 6) is 0.0393. The number of rotatable bonds is 7. The summed E-state index contributed by atoms with van der Waals surface area (Å²) >= 11 is 0. The highest BCUT2D eigenvalue weighted by Gasteiger charge is 2.05. The molecule has 0 aliphatic carbocycles. The summed E-state index contributed by atoms with van der Waals surface area (Å²) in [6.07, 6.45) is 7.89. The SMILES string of the molecule is CN(C)C(=O)CC(=C/CO)/C=C/CCc1ccccc1. The number of carbonyl (C=O) groups is 1. The van der Waals surface area contributed by atoms with Gasteiger partial charge in [-0.25, -0.2) is 0 Å². The van der Waals surface area contributed by atoms with Crippen LogP contribution in [0.5, 0.6) is 0 Å². The van der Waals surface area contributed by atoms with Gasteiger partial charge in [-0.15, -0.1) is 0 Å². The van der Waals surface area contributed by atoms with E-state index in [2.05, 4.69) is 18.2 Å². The van der Waals surface area contributed by atoms with Gasteiger partial charge in [0.15, 0.2) is 0 Å². The number of hydrogen-bond acceptors (Lipinski definition) is 2. The number of aliphatic hydroxyl groups excluding tert-OH is 1. The van der Waals surface area contributed by atoms with E-state index in [9.17, 15) is 4.79 Å². The number of benzene rings is 1. The number of hydrogen-bond donors (Lipinski definition) is 1. The zero-order valence-corrected chi connectivity index (χ0v) is 12.2. The zero-order chi connectivity index (χ0) is 14.8. The van der Waals surface area contributed by atoms with Crippen LogP contribution in [0.3, 0.4) is 0 Å². The Morgan fingerprint density at radius 3 is 2.55 bits per heavy atom. The van der Waals surface area contributed by atoms with Gasteiger partial charge >= 0.3 is 0 Å². The van der Waals surface area contributed by atoms with Crippen molar-refractivity contribution in [1.29, 1.82) is 0 Å². The fourth-order valence-electron chi connectivity index (χ4n) is 1.78.